The normalized spacial score (nSPS) is 23.6. The number of carbonyl (C=O) groups is 3. The van der Waals surface area contributed by atoms with Gasteiger partial charge in [0.2, 0.25) is 28.8 Å². The molecule has 5 rings (SSSR count). The van der Waals surface area contributed by atoms with Crippen molar-refractivity contribution in [2.45, 2.75) is 31.3 Å². The van der Waals surface area contributed by atoms with Gasteiger partial charge in [-0.1, -0.05) is 18.5 Å². The summed E-state index contributed by atoms with van der Waals surface area (Å²) in [5, 5.41) is 2.91. The van der Waals surface area contributed by atoms with E-state index in [0.29, 0.717) is 28.5 Å². The summed E-state index contributed by atoms with van der Waals surface area (Å²) in [6.45, 7) is 1.73. The van der Waals surface area contributed by atoms with Gasteiger partial charge in [0.25, 0.3) is 0 Å². The first-order chi connectivity index (χ1) is 18.7. The van der Waals surface area contributed by atoms with E-state index in [4.69, 9.17) is 40.0 Å². The first-order valence-corrected chi connectivity index (χ1v) is 12.6. The Kier molecular flexibility index (Phi) is 6.62. The summed E-state index contributed by atoms with van der Waals surface area (Å²) in [5.41, 5.74) is -0.492. The molecule has 39 heavy (non-hydrogen) atoms. The first-order valence-electron chi connectivity index (χ1n) is 12.2. The van der Waals surface area contributed by atoms with E-state index >= 15 is 0 Å². The van der Waals surface area contributed by atoms with E-state index in [9.17, 15) is 14.4 Å². The Morgan fingerprint density at radius 1 is 0.846 bits per heavy atom. The summed E-state index contributed by atoms with van der Waals surface area (Å²) in [7, 11) is 7.29. The minimum atomic E-state index is -1.90. The van der Waals surface area contributed by atoms with Crippen molar-refractivity contribution in [2.24, 2.45) is 5.92 Å². The van der Waals surface area contributed by atoms with Crippen molar-refractivity contribution < 1.29 is 42.8 Å². The van der Waals surface area contributed by atoms with Crippen molar-refractivity contribution in [2.75, 3.05) is 35.5 Å². The molecule has 1 aliphatic carbocycles. The van der Waals surface area contributed by atoms with E-state index in [1.807, 2.05) is 0 Å². The summed E-state index contributed by atoms with van der Waals surface area (Å²) in [6, 6.07) is 4.89. The molecule has 11 heteroatoms. The molecule has 0 bridgehead atoms. The lowest BCUT2D eigenvalue weighted by Crippen LogP contribution is -2.59. The summed E-state index contributed by atoms with van der Waals surface area (Å²) < 4.78 is 33.5. The molecule has 0 saturated heterocycles. The third-order valence-electron chi connectivity index (χ3n) is 7.65. The van der Waals surface area contributed by atoms with Gasteiger partial charge in [-0.05, 0) is 24.1 Å². The quantitative estimate of drug-likeness (QED) is 0.528. The van der Waals surface area contributed by atoms with E-state index < -0.39 is 29.0 Å². The van der Waals surface area contributed by atoms with E-state index in [1.54, 1.807) is 19.1 Å². The minimum absolute atomic E-state index is 0.0336. The molecule has 0 fully saturated rings. The van der Waals surface area contributed by atoms with Gasteiger partial charge in [0.05, 0.1) is 35.5 Å². The largest absolute Gasteiger partial charge is 0.496 e. The number of hydrogen-bond acceptors (Lipinski definition) is 9. The molecular formula is C28H28ClNO9. The van der Waals surface area contributed by atoms with Crippen molar-refractivity contribution in [3.8, 4) is 34.5 Å². The summed E-state index contributed by atoms with van der Waals surface area (Å²) in [4.78, 5) is 41.4. The fraction of sp³-hybridized carbons (Fsp3) is 0.393. The maximum atomic E-state index is 14.5. The summed E-state index contributed by atoms with van der Waals surface area (Å²) >= 11 is 6.55. The minimum Gasteiger partial charge on any atom is -0.496 e. The van der Waals surface area contributed by atoms with Gasteiger partial charge in [-0.25, -0.2) is 0 Å². The average molecular weight is 558 g/mol. The second-order valence-corrected chi connectivity index (χ2v) is 9.93. The Morgan fingerprint density at radius 2 is 1.46 bits per heavy atom. The number of amides is 1. The number of carbonyl (C=O) groups excluding carboxylic acids is 3. The molecule has 0 radical (unpaired) electrons. The molecule has 206 valence electrons. The number of rotatable bonds is 6. The van der Waals surface area contributed by atoms with Crippen LogP contribution < -0.4 is 33.7 Å². The third kappa shape index (κ3) is 3.72. The number of fused-ring (bicyclic) bond motifs is 1. The fourth-order valence-electron chi connectivity index (χ4n) is 5.78. The van der Waals surface area contributed by atoms with Crippen LogP contribution >= 0.6 is 11.6 Å². The Morgan fingerprint density at radius 3 is 2.03 bits per heavy atom. The van der Waals surface area contributed by atoms with Crippen LogP contribution in [0.5, 0.6) is 34.5 Å². The lowest BCUT2D eigenvalue weighted by molar-refractivity contribution is -0.131. The number of benzene rings is 2. The third-order valence-corrected chi connectivity index (χ3v) is 8.01. The smallest absolute Gasteiger partial charge is 0.236 e. The van der Waals surface area contributed by atoms with Crippen LogP contribution in [0.2, 0.25) is 5.02 Å². The van der Waals surface area contributed by atoms with Crippen LogP contribution in [0.4, 0.5) is 0 Å². The highest BCUT2D eigenvalue weighted by Gasteiger charge is 2.63. The van der Waals surface area contributed by atoms with Gasteiger partial charge in [-0.3, -0.25) is 14.4 Å². The number of ether oxygens (including phenoxy) is 6. The maximum absolute atomic E-state index is 14.5. The monoisotopic (exact) mass is 557 g/mol. The van der Waals surface area contributed by atoms with Crippen LogP contribution in [-0.2, 0) is 9.59 Å². The molecule has 0 saturated carbocycles. The molecule has 2 aromatic carbocycles. The van der Waals surface area contributed by atoms with Gasteiger partial charge in [-0.15, -0.1) is 0 Å². The molecule has 1 N–H and O–H groups in total. The molecule has 0 aromatic heterocycles. The van der Waals surface area contributed by atoms with Gasteiger partial charge in [-0.2, -0.15) is 0 Å². The molecule has 3 atom stereocenters. The number of ketones is 2. The van der Waals surface area contributed by atoms with Crippen molar-refractivity contribution in [3.05, 3.63) is 45.6 Å². The highest BCUT2D eigenvalue weighted by Crippen LogP contribution is 2.55. The van der Waals surface area contributed by atoms with Crippen LogP contribution in [0.3, 0.4) is 0 Å². The lowest BCUT2D eigenvalue weighted by atomic mass is 9.66. The molecule has 1 spiro atoms. The average Bonchev–Trinajstić information content (AvgIpc) is 3.25. The number of halogens is 1. The first kappa shape index (κ1) is 26.7. The number of hydrogen-bond donors (Lipinski definition) is 1. The lowest BCUT2D eigenvalue weighted by Gasteiger charge is -2.41. The number of nitrogens with one attached hydrogen (secondary N) is 1. The van der Waals surface area contributed by atoms with Gasteiger partial charge in [0.1, 0.15) is 22.1 Å². The van der Waals surface area contributed by atoms with Crippen LogP contribution in [0.15, 0.2) is 29.5 Å². The second-order valence-electron chi connectivity index (χ2n) is 9.56. The predicted molar refractivity (Wildman–Crippen MR) is 140 cm³/mol. The predicted octanol–water partition coefficient (Wildman–Crippen LogP) is 3.86. The standard InChI is InChI=1S/C28H28ClNO9/c1-12-7-15-21(14(10-20(31)30-15)13-8-18(36-4)24(38-6)19(9-13)37-5)26(32)28(12)27(33)22-16(34-2)11-17(35-3)23(29)25(22)39-28/h8-9,11-12,14H,7,10H2,1-6H3,(H,30,31). The molecule has 1 amide bonds. The van der Waals surface area contributed by atoms with E-state index in [0.717, 1.165) is 0 Å². The molecule has 2 heterocycles. The zero-order chi connectivity index (χ0) is 28.2. The van der Waals surface area contributed by atoms with E-state index in [1.165, 1.54) is 41.6 Å². The van der Waals surface area contributed by atoms with Gasteiger partial charge < -0.3 is 33.7 Å². The van der Waals surface area contributed by atoms with Crippen LogP contribution in [-0.4, -0.2) is 58.6 Å². The Hall–Kier alpha value is -3.92. The van der Waals surface area contributed by atoms with Crippen molar-refractivity contribution in [3.63, 3.8) is 0 Å². The Balaban J connectivity index is 1.68. The molecule has 3 unspecified atom stereocenters. The molecule has 2 aromatic rings. The van der Waals surface area contributed by atoms with Crippen LogP contribution in [0.1, 0.15) is 41.6 Å². The Labute approximate surface area is 230 Å². The molecular weight excluding hydrogens is 530 g/mol. The second kappa shape index (κ2) is 9.68. The number of methoxy groups -OCH3 is 5. The Bertz CT molecular complexity index is 1420. The number of Topliss-reactive ketones (excluding diaryl/α,β-unsaturated/α-hetero) is 2. The summed E-state index contributed by atoms with van der Waals surface area (Å²) in [6.07, 6.45) is 0.178. The van der Waals surface area contributed by atoms with Crippen molar-refractivity contribution in [1.82, 2.24) is 5.32 Å². The van der Waals surface area contributed by atoms with Crippen LogP contribution in [0.25, 0.3) is 0 Å². The zero-order valence-electron chi connectivity index (χ0n) is 22.4. The van der Waals surface area contributed by atoms with Gasteiger partial charge in [0.15, 0.2) is 17.2 Å². The van der Waals surface area contributed by atoms with Gasteiger partial charge in [0, 0.05) is 35.6 Å². The molecule has 3 aliphatic rings. The summed E-state index contributed by atoms with van der Waals surface area (Å²) in [5.74, 6) is -1.10. The van der Waals surface area contributed by atoms with E-state index in [2.05, 4.69) is 5.32 Å². The van der Waals surface area contributed by atoms with Crippen molar-refractivity contribution in [1.29, 1.82) is 0 Å². The van der Waals surface area contributed by atoms with Crippen molar-refractivity contribution >= 4 is 29.1 Å². The number of allylic oxidation sites excluding steroid dienone is 1. The molecule has 2 aliphatic heterocycles. The van der Waals surface area contributed by atoms with Gasteiger partial charge >= 0.3 is 0 Å². The van der Waals surface area contributed by atoms with Crippen LogP contribution in [0, 0.1) is 5.92 Å². The zero-order valence-corrected chi connectivity index (χ0v) is 23.1. The maximum Gasteiger partial charge on any atom is 0.236 e. The molecule has 10 nitrogen and oxygen atoms in total. The SMILES string of the molecule is COc1cc(OC)c2c(c1Cl)OC1(C(=O)C3=C(CC1C)NC(=O)CC3c1cc(OC)c(OC)c(OC)c1)C2=O. The highest BCUT2D eigenvalue weighted by molar-refractivity contribution is 6.36. The fourth-order valence-corrected chi connectivity index (χ4v) is 6.04. The van der Waals surface area contributed by atoms with E-state index in [-0.39, 0.29) is 52.2 Å². The highest BCUT2D eigenvalue weighted by atomic mass is 35.5. The topological polar surface area (TPSA) is 119 Å².